The second kappa shape index (κ2) is 13.3. The summed E-state index contributed by atoms with van der Waals surface area (Å²) in [5.74, 6) is 1.72. The Morgan fingerprint density at radius 1 is 1.11 bits per heavy atom. The predicted octanol–water partition coefficient (Wildman–Crippen LogP) is 5.36. The van der Waals surface area contributed by atoms with Crippen molar-refractivity contribution >= 4 is 17.5 Å². The number of hydrogen-bond donors (Lipinski definition) is 4. The Balaban J connectivity index is 1.37. The molecule has 8 heteroatoms. The van der Waals surface area contributed by atoms with E-state index in [9.17, 15) is 4.79 Å². The molecule has 0 unspecified atom stereocenters. The third-order valence-corrected chi connectivity index (χ3v) is 7.55. The molecule has 0 spiro atoms. The van der Waals surface area contributed by atoms with Crippen LogP contribution in [0.15, 0.2) is 52.9 Å². The molecule has 3 aromatic rings. The summed E-state index contributed by atoms with van der Waals surface area (Å²) in [4.78, 5) is 13.0. The first-order chi connectivity index (χ1) is 18.3. The summed E-state index contributed by atoms with van der Waals surface area (Å²) in [5, 5.41) is 10.3. The molecule has 2 aromatic carbocycles. The minimum atomic E-state index is -0.230. The van der Waals surface area contributed by atoms with Crippen molar-refractivity contribution in [2.45, 2.75) is 64.2 Å². The van der Waals surface area contributed by atoms with Crippen molar-refractivity contribution in [2.75, 3.05) is 20.2 Å². The topological polar surface area (TPSA) is 102 Å². The van der Waals surface area contributed by atoms with Gasteiger partial charge in [0, 0.05) is 37.3 Å². The van der Waals surface area contributed by atoms with Crippen LogP contribution in [-0.2, 0) is 6.54 Å². The van der Waals surface area contributed by atoms with E-state index in [1.165, 1.54) is 11.1 Å². The second-order valence-corrected chi connectivity index (χ2v) is 10.5. The number of furan rings is 1. The van der Waals surface area contributed by atoms with Crippen molar-refractivity contribution in [1.29, 1.82) is 0 Å². The van der Waals surface area contributed by atoms with Crippen LogP contribution >= 0.6 is 11.6 Å². The minimum Gasteiger partial charge on any atom is -0.496 e. The van der Waals surface area contributed by atoms with E-state index in [-0.39, 0.29) is 11.9 Å². The van der Waals surface area contributed by atoms with Crippen LogP contribution in [0.1, 0.15) is 65.9 Å². The summed E-state index contributed by atoms with van der Waals surface area (Å²) in [7, 11) is 1.58. The minimum absolute atomic E-state index is 0.176. The number of halogens is 1. The summed E-state index contributed by atoms with van der Waals surface area (Å²) >= 11 is 6.46. The van der Waals surface area contributed by atoms with Gasteiger partial charge in [-0.1, -0.05) is 41.4 Å². The SMILES string of the molecule is COc1cc(Cl)c(C(=O)NCCN[C@H]2CC[C@@H](N)CC2)cc1-c1ccc(CN[C@H](C)c2ccc(C)cc2)o1. The number of carbonyl (C=O) groups excluding carboxylic acids is 1. The smallest absolute Gasteiger partial charge is 0.252 e. The molecule has 1 aliphatic rings. The van der Waals surface area contributed by atoms with Gasteiger partial charge < -0.3 is 30.8 Å². The number of carbonyl (C=O) groups is 1. The van der Waals surface area contributed by atoms with Gasteiger partial charge in [-0.05, 0) is 63.3 Å². The first-order valence-electron chi connectivity index (χ1n) is 13.4. The highest BCUT2D eigenvalue weighted by Crippen LogP contribution is 2.36. The Kier molecular flexibility index (Phi) is 9.86. The van der Waals surface area contributed by atoms with E-state index in [0.717, 1.165) is 31.4 Å². The van der Waals surface area contributed by atoms with Crippen molar-refractivity contribution in [3.8, 4) is 17.1 Å². The first kappa shape index (κ1) is 28.2. The molecule has 204 valence electrons. The summed E-state index contributed by atoms with van der Waals surface area (Å²) in [6.07, 6.45) is 4.25. The zero-order chi connectivity index (χ0) is 27.1. The Hall–Kier alpha value is -2.84. The monoisotopic (exact) mass is 538 g/mol. The van der Waals surface area contributed by atoms with Crippen LogP contribution in [0.25, 0.3) is 11.3 Å². The molecule has 1 aromatic heterocycles. The normalized spacial score (nSPS) is 18.2. The van der Waals surface area contributed by atoms with Gasteiger partial charge in [0.15, 0.2) is 0 Å². The molecule has 38 heavy (non-hydrogen) atoms. The van der Waals surface area contributed by atoms with Crippen LogP contribution in [0.2, 0.25) is 5.02 Å². The van der Waals surface area contributed by atoms with Crippen LogP contribution in [-0.4, -0.2) is 38.2 Å². The Bertz CT molecular complexity index is 1200. The lowest BCUT2D eigenvalue weighted by Gasteiger charge is -2.26. The molecule has 5 N–H and O–H groups in total. The molecule has 1 atom stereocenters. The number of methoxy groups -OCH3 is 1. The zero-order valence-electron chi connectivity index (χ0n) is 22.5. The molecule has 0 radical (unpaired) electrons. The highest BCUT2D eigenvalue weighted by atomic mass is 35.5. The van der Waals surface area contributed by atoms with Crippen LogP contribution in [0.5, 0.6) is 5.75 Å². The largest absolute Gasteiger partial charge is 0.496 e. The van der Waals surface area contributed by atoms with Gasteiger partial charge in [0.2, 0.25) is 0 Å². The average Bonchev–Trinajstić information content (AvgIpc) is 3.39. The molecule has 1 amide bonds. The molecule has 0 aliphatic heterocycles. The molecule has 0 saturated heterocycles. The molecule has 1 aliphatic carbocycles. The highest BCUT2D eigenvalue weighted by molar-refractivity contribution is 6.34. The lowest BCUT2D eigenvalue weighted by atomic mass is 9.92. The summed E-state index contributed by atoms with van der Waals surface area (Å²) in [6.45, 7) is 5.98. The van der Waals surface area contributed by atoms with Crippen molar-refractivity contribution in [3.05, 3.63) is 76.0 Å². The van der Waals surface area contributed by atoms with Crippen molar-refractivity contribution in [1.82, 2.24) is 16.0 Å². The predicted molar refractivity (Wildman–Crippen MR) is 153 cm³/mol. The van der Waals surface area contributed by atoms with Gasteiger partial charge >= 0.3 is 0 Å². The van der Waals surface area contributed by atoms with E-state index in [1.807, 2.05) is 12.1 Å². The third kappa shape index (κ3) is 7.38. The van der Waals surface area contributed by atoms with Crippen LogP contribution in [0, 0.1) is 6.92 Å². The number of aryl methyl sites for hydroxylation is 1. The van der Waals surface area contributed by atoms with E-state index in [0.29, 0.717) is 59.4 Å². The number of hydrogen-bond acceptors (Lipinski definition) is 6. The van der Waals surface area contributed by atoms with E-state index < -0.39 is 0 Å². The number of amides is 1. The Morgan fingerprint density at radius 2 is 1.84 bits per heavy atom. The number of benzene rings is 2. The maximum Gasteiger partial charge on any atom is 0.252 e. The second-order valence-electron chi connectivity index (χ2n) is 10.1. The van der Waals surface area contributed by atoms with Crippen LogP contribution in [0.4, 0.5) is 0 Å². The van der Waals surface area contributed by atoms with Crippen molar-refractivity contribution < 1.29 is 13.9 Å². The Morgan fingerprint density at radius 3 is 2.55 bits per heavy atom. The lowest BCUT2D eigenvalue weighted by Crippen LogP contribution is -2.41. The highest BCUT2D eigenvalue weighted by Gasteiger charge is 2.20. The van der Waals surface area contributed by atoms with Crippen LogP contribution < -0.4 is 26.4 Å². The van der Waals surface area contributed by atoms with Gasteiger partial charge in [-0.15, -0.1) is 0 Å². The quantitative estimate of drug-likeness (QED) is 0.245. The fraction of sp³-hybridized carbons (Fsp3) is 0.433. The third-order valence-electron chi connectivity index (χ3n) is 7.24. The summed E-state index contributed by atoms with van der Waals surface area (Å²) in [5.41, 5.74) is 9.50. The fourth-order valence-electron chi connectivity index (χ4n) is 4.81. The molecular weight excluding hydrogens is 500 g/mol. The molecule has 4 rings (SSSR count). The zero-order valence-corrected chi connectivity index (χ0v) is 23.2. The first-order valence-corrected chi connectivity index (χ1v) is 13.8. The van der Waals surface area contributed by atoms with Gasteiger partial charge in [-0.3, -0.25) is 4.79 Å². The number of ether oxygens (including phenoxy) is 1. The van der Waals surface area contributed by atoms with Gasteiger partial charge in [0.1, 0.15) is 17.3 Å². The number of rotatable bonds is 11. The number of nitrogens with two attached hydrogens (primary N) is 1. The Labute approximate surface area is 230 Å². The van der Waals surface area contributed by atoms with Gasteiger partial charge in [0.25, 0.3) is 5.91 Å². The van der Waals surface area contributed by atoms with E-state index in [2.05, 4.69) is 54.1 Å². The molecule has 0 bridgehead atoms. The van der Waals surface area contributed by atoms with Crippen LogP contribution in [0.3, 0.4) is 0 Å². The summed E-state index contributed by atoms with van der Waals surface area (Å²) in [6, 6.07) is 16.7. The average molecular weight is 539 g/mol. The molecule has 1 saturated carbocycles. The van der Waals surface area contributed by atoms with Gasteiger partial charge in [0.05, 0.1) is 29.8 Å². The lowest BCUT2D eigenvalue weighted by molar-refractivity contribution is 0.0953. The molecule has 7 nitrogen and oxygen atoms in total. The van der Waals surface area contributed by atoms with E-state index in [4.69, 9.17) is 26.5 Å². The molecule has 1 fully saturated rings. The van der Waals surface area contributed by atoms with E-state index in [1.54, 1.807) is 19.2 Å². The van der Waals surface area contributed by atoms with E-state index >= 15 is 0 Å². The van der Waals surface area contributed by atoms with Gasteiger partial charge in [-0.2, -0.15) is 0 Å². The molecule has 1 heterocycles. The van der Waals surface area contributed by atoms with Gasteiger partial charge in [-0.25, -0.2) is 0 Å². The van der Waals surface area contributed by atoms with Crippen molar-refractivity contribution in [3.63, 3.8) is 0 Å². The van der Waals surface area contributed by atoms with Crippen molar-refractivity contribution in [2.24, 2.45) is 5.73 Å². The standard InChI is InChI=1S/C30H39ClN4O3/c1-19-4-6-21(7-5-19)20(2)35-18-24-12-13-28(38-24)26-16-25(27(31)17-29(26)37-3)30(36)34-15-14-33-23-10-8-22(32)9-11-23/h4-7,12-13,16-17,20,22-23,33,35H,8-11,14-15,18,32H2,1-3H3,(H,34,36)/t20-,22-,23+/m1/s1. The number of nitrogens with one attached hydrogen (secondary N) is 3. The maximum absolute atomic E-state index is 13.0. The molecular formula is C30H39ClN4O3. The maximum atomic E-state index is 13.0. The summed E-state index contributed by atoms with van der Waals surface area (Å²) < 4.78 is 11.7. The fourth-order valence-corrected chi connectivity index (χ4v) is 5.05.